The summed E-state index contributed by atoms with van der Waals surface area (Å²) in [6, 6.07) is 1.26. The number of rotatable bonds is 4. The fourth-order valence-electron chi connectivity index (χ4n) is 4.03. The van der Waals surface area contributed by atoms with Gasteiger partial charge in [0, 0.05) is 44.1 Å². The molecule has 0 unspecified atom stereocenters. The number of halogens is 1. The Morgan fingerprint density at radius 3 is 2.63 bits per heavy atom. The first-order chi connectivity index (χ1) is 16.5. The van der Waals surface area contributed by atoms with Crippen molar-refractivity contribution in [1.29, 1.82) is 0 Å². The molecule has 0 spiro atoms. The second kappa shape index (κ2) is 9.47. The third kappa shape index (κ3) is 5.50. The smallest absolute Gasteiger partial charge is 0.410 e. The number of fused-ring (bicyclic) bond motifs is 1. The Morgan fingerprint density at radius 2 is 1.97 bits per heavy atom. The lowest BCUT2D eigenvalue weighted by molar-refractivity contribution is 0.0213. The molecule has 3 aromatic heterocycles. The highest BCUT2D eigenvalue weighted by molar-refractivity contribution is 6.02. The van der Waals surface area contributed by atoms with Crippen LogP contribution in [0.25, 0.3) is 5.65 Å². The van der Waals surface area contributed by atoms with Crippen LogP contribution in [-0.4, -0.2) is 67.5 Å². The molecule has 0 aromatic carbocycles. The molecule has 0 radical (unpaired) electrons. The number of amides is 2. The molecule has 1 fully saturated rings. The van der Waals surface area contributed by atoms with Gasteiger partial charge in [0.15, 0.2) is 11.5 Å². The van der Waals surface area contributed by atoms with Gasteiger partial charge < -0.3 is 24.3 Å². The van der Waals surface area contributed by atoms with Gasteiger partial charge in [0.1, 0.15) is 17.1 Å². The van der Waals surface area contributed by atoms with Crippen LogP contribution in [0.1, 0.15) is 50.3 Å². The Balaban J connectivity index is 1.43. The van der Waals surface area contributed by atoms with Crippen molar-refractivity contribution in [2.45, 2.75) is 52.7 Å². The highest BCUT2D eigenvalue weighted by Gasteiger charge is 2.32. The summed E-state index contributed by atoms with van der Waals surface area (Å²) < 4.78 is 21.3. The minimum absolute atomic E-state index is 0.0404. The van der Waals surface area contributed by atoms with Crippen LogP contribution in [0, 0.1) is 12.7 Å². The van der Waals surface area contributed by atoms with Crippen molar-refractivity contribution >= 4 is 29.2 Å². The molecule has 4 rings (SSSR count). The Morgan fingerprint density at radius 1 is 1.20 bits per heavy atom. The van der Waals surface area contributed by atoms with Crippen molar-refractivity contribution < 1.29 is 18.7 Å². The van der Waals surface area contributed by atoms with Crippen LogP contribution in [0.2, 0.25) is 0 Å². The van der Waals surface area contributed by atoms with E-state index in [2.05, 4.69) is 25.2 Å². The van der Waals surface area contributed by atoms with E-state index in [1.165, 1.54) is 16.7 Å². The number of hydrogen-bond acceptors (Lipinski definition) is 7. The monoisotopic (exact) mass is 483 g/mol. The molecule has 11 heteroatoms. The molecule has 3 aromatic rings. The summed E-state index contributed by atoms with van der Waals surface area (Å²) in [6.45, 7) is 10.9. The molecule has 2 amide bonds. The van der Waals surface area contributed by atoms with Gasteiger partial charge in [-0.3, -0.25) is 4.79 Å². The molecular weight excluding hydrogens is 453 g/mol. The summed E-state index contributed by atoms with van der Waals surface area (Å²) in [5, 5.41) is 2.65. The van der Waals surface area contributed by atoms with E-state index < -0.39 is 17.3 Å². The van der Waals surface area contributed by atoms with E-state index >= 15 is 0 Å². The highest BCUT2D eigenvalue weighted by atomic mass is 19.1. The van der Waals surface area contributed by atoms with Crippen molar-refractivity contribution in [3.05, 3.63) is 48.1 Å². The quantitative estimate of drug-likeness (QED) is 0.604. The minimum atomic E-state index is -0.549. The van der Waals surface area contributed by atoms with E-state index in [1.807, 2.05) is 27.7 Å². The highest BCUT2D eigenvalue weighted by Crippen LogP contribution is 2.22. The summed E-state index contributed by atoms with van der Waals surface area (Å²) in [4.78, 5) is 41.8. The van der Waals surface area contributed by atoms with E-state index in [1.54, 1.807) is 30.4 Å². The molecule has 186 valence electrons. The number of nitrogens with one attached hydrogen (secondary N) is 1. The van der Waals surface area contributed by atoms with Crippen molar-refractivity contribution in [3.63, 3.8) is 0 Å². The van der Waals surface area contributed by atoms with Crippen LogP contribution in [0.15, 0.2) is 30.9 Å². The average Bonchev–Trinajstić information content (AvgIpc) is 3.18. The van der Waals surface area contributed by atoms with E-state index in [4.69, 9.17) is 4.74 Å². The topological polar surface area (TPSA) is 105 Å². The fourth-order valence-corrected chi connectivity index (χ4v) is 4.03. The molecular formula is C24H30FN7O3. The maximum absolute atomic E-state index is 14.3. The minimum Gasteiger partial charge on any atom is -0.444 e. The average molecular weight is 484 g/mol. The molecule has 4 heterocycles. The number of piperazine rings is 1. The first-order valence-corrected chi connectivity index (χ1v) is 11.6. The third-order valence-electron chi connectivity index (χ3n) is 5.66. The number of pyridine rings is 1. The van der Waals surface area contributed by atoms with E-state index in [0.717, 1.165) is 6.42 Å². The van der Waals surface area contributed by atoms with Crippen LogP contribution in [-0.2, 0) is 4.74 Å². The molecule has 0 bridgehead atoms. The molecule has 1 aliphatic rings. The Bertz CT molecular complexity index is 1240. The summed E-state index contributed by atoms with van der Waals surface area (Å²) in [5.74, 6) is -0.409. The van der Waals surface area contributed by atoms with Gasteiger partial charge in [-0.2, -0.15) is 0 Å². The summed E-state index contributed by atoms with van der Waals surface area (Å²) in [7, 11) is 0. The number of aromatic nitrogens is 4. The first kappa shape index (κ1) is 24.4. The van der Waals surface area contributed by atoms with E-state index in [-0.39, 0.29) is 29.2 Å². The molecule has 1 saturated heterocycles. The lowest BCUT2D eigenvalue weighted by Crippen LogP contribution is -2.55. The zero-order valence-electron chi connectivity index (χ0n) is 20.6. The van der Waals surface area contributed by atoms with Gasteiger partial charge in [0.05, 0.1) is 23.8 Å². The van der Waals surface area contributed by atoms with Crippen molar-refractivity contribution in [1.82, 2.24) is 24.3 Å². The Hall–Kier alpha value is -3.76. The summed E-state index contributed by atoms with van der Waals surface area (Å²) in [5.41, 5.74) is 0.713. The number of carbonyl (C=O) groups is 2. The van der Waals surface area contributed by atoms with Crippen molar-refractivity contribution in [2.24, 2.45) is 0 Å². The SMILES string of the molecule is CC[C@@H]1CN(C(=O)OC(C)(C)C)CCN1c1cnc(C(=O)Nc2cc(F)c3nc(C)cn3c2)cn1. The zero-order chi connectivity index (χ0) is 25.3. The second-order valence-corrected chi connectivity index (χ2v) is 9.59. The van der Waals surface area contributed by atoms with Crippen molar-refractivity contribution in [3.8, 4) is 0 Å². The van der Waals surface area contributed by atoms with Gasteiger partial charge in [0.25, 0.3) is 5.91 Å². The molecule has 0 saturated carbocycles. The fraction of sp³-hybridized carbons (Fsp3) is 0.458. The largest absolute Gasteiger partial charge is 0.444 e. The maximum Gasteiger partial charge on any atom is 0.410 e. The predicted molar refractivity (Wildman–Crippen MR) is 129 cm³/mol. The van der Waals surface area contributed by atoms with Gasteiger partial charge in [-0.25, -0.2) is 24.1 Å². The molecule has 35 heavy (non-hydrogen) atoms. The number of imidazole rings is 1. The van der Waals surface area contributed by atoms with Crippen LogP contribution < -0.4 is 10.2 Å². The van der Waals surface area contributed by atoms with Crippen LogP contribution in [0.4, 0.5) is 20.7 Å². The van der Waals surface area contributed by atoms with E-state index in [9.17, 15) is 14.0 Å². The third-order valence-corrected chi connectivity index (χ3v) is 5.66. The van der Waals surface area contributed by atoms with Crippen LogP contribution in [0.5, 0.6) is 0 Å². The molecule has 0 aliphatic carbocycles. The van der Waals surface area contributed by atoms with Gasteiger partial charge in [-0.15, -0.1) is 0 Å². The standard InChI is InChI=1S/C24H30FN7O3/c1-6-17-14-30(23(34)35-24(3,4)5)7-8-32(17)20-11-26-19(10-27-20)22(33)29-16-9-18(25)21-28-15(2)12-31(21)13-16/h9-13,17H,6-8,14H2,1-5H3,(H,29,33)/t17-/m1/s1. The number of carbonyl (C=O) groups excluding carboxylic acids is 2. The lowest BCUT2D eigenvalue weighted by Gasteiger charge is -2.41. The van der Waals surface area contributed by atoms with Gasteiger partial charge in [0.2, 0.25) is 0 Å². The molecule has 1 atom stereocenters. The summed E-state index contributed by atoms with van der Waals surface area (Å²) in [6.07, 6.45) is 6.68. The number of hydrogen-bond donors (Lipinski definition) is 1. The van der Waals surface area contributed by atoms with Gasteiger partial charge >= 0.3 is 6.09 Å². The molecule has 1 N–H and O–H groups in total. The van der Waals surface area contributed by atoms with Gasteiger partial charge in [-0.1, -0.05) is 6.92 Å². The Labute approximate surface area is 203 Å². The number of nitrogens with zero attached hydrogens (tertiary/aromatic N) is 6. The van der Waals surface area contributed by atoms with Crippen LogP contribution >= 0.6 is 0 Å². The number of aryl methyl sites for hydroxylation is 1. The second-order valence-electron chi connectivity index (χ2n) is 9.59. The Kier molecular flexibility index (Phi) is 6.60. The lowest BCUT2D eigenvalue weighted by atomic mass is 10.1. The molecule has 1 aliphatic heterocycles. The molecule has 10 nitrogen and oxygen atoms in total. The predicted octanol–water partition coefficient (Wildman–Crippen LogP) is 3.66. The zero-order valence-corrected chi connectivity index (χ0v) is 20.6. The van der Waals surface area contributed by atoms with E-state index in [0.29, 0.717) is 31.1 Å². The maximum atomic E-state index is 14.3. The number of ether oxygens (including phenoxy) is 1. The normalized spacial score (nSPS) is 16.5. The first-order valence-electron chi connectivity index (χ1n) is 11.6. The van der Waals surface area contributed by atoms with Crippen LogP contribution in [0.3, 0.4) is 0 Å². The van der Waals surface area contributed by atoms with Crippen molar-refractivity contribution in [2.75, 3.05) is 29.9 Å². The summed E-state index contributed by atoms with van der Waals surface area (Å²) >= 11 is 0. The van der Waals surface area contributed by atoms with Gasteiger partial charge in [-0.05, 0) is 34.1 Å². The number of anilines is 2.